The van der Waals surface area contributed by atoms with E-state index < -0.39 is 29.1 Å². The van der Waals surface area contributed by atoms with Gasteiger partial charge in [0.25, 0.3) is 5.69 Å². The van der Waals surface area contributed by atoms with Crippen LogP contribution in [-0.2, 0) is 0 Å². The molecule has 0 bridgehead atoms. The van der Waals surface area contributed by atoms with Gasteiger partial charge in [-0.3, -0.25) is 10.1 Å². The fourth-order valence-corrected chi connectivity index (χ4v) is 1.25. The average Bonchev–Trinajstić information content (AvgIpc) is 2.13. The molecule has 4 nitrogen and oxygen atoms in total. The van der Waals surface area contributed by atoms with Crippen LogP contribution in [0.25, 0.3) is 0 Å². The number of halogens is 4. The van der Waals surface area contributed by atoms with Crippen molar-refractivity contribution in [2.45, 2.75) is 6.18 Å². The van der Waals surface area contributed by atoms with E-state index in [1.54, 1.807) is 0 Å². The first kappa shape index (κ1) is 13.2. The first-order valence-corrected chi connectivity index (χ1v) is 4.42. The molecule has 0 heterocycles. The van der Waals surface area contributed by atoms with Crippen LogP contribution in [0.5, 0.6) is 0 Å². The molecule has 0 spiro atoms. The minimum absolute atomic E-state index is 0.200. The van der Waals surface area contributed by atoms with Crippen molar-refractivity contribution in [1.29, 1.82) is 0 Å². The molecule has 1 aromatic rings. The summed E-state index contributed by atoms with van der Waals surface area (Å²) < 4.78 is 49.2. The molecule has 1 rings (SSSR count). The third kappa shape index (κ3) is 3.89. The van der Waals surface area contributed by atoms with Gasteiger partial charge < -0.3 is 4.90 Å². The quantitative estimate of drug-likeness (QED) is 0.472. The fraction of sp³-hybridized carbons (Fsp3) is 0.333. The number of nitrogens with zero attached hydrogens (tertiary/aromatic N) is 2. The highest BCUT2D eigenvalue weighted by molar-refractivity contribution is 5.53. The molecule has 0 aromatic heterocycles. The standard InChI is InChI=1S/C9H8F4N2O2/c1-14(5-9(11,12)13)7-2-6(10)3-8(4-7)15(16)17/h2-4H,5H2,1H3. The molecule has 0 N–H and O–H groups in total. The predicted molar refractivity (Wildman–Crippen MR) is 52.4 cm³/mol. The molecule has 0 radical (unpaired) electrons. The lowest BCUT2D eigenvalue weighted by Gasteiger charge is -2.20. The van der Waals surface area contributed by atoms with Crippen molar-refractivity contribution in [1.82, 2.24) is 0 Å². The second-order valence-electron chi connectivity index (χ2n) is 3.40. The Kier molecular flexibility index (Phi) is 3.54. The molecule has 8 heteroatoms. The Hall–Kier alpha value is -1.86. The van der Waals surface area contributed by atoms with E-state index >= 15 is 0 Å². The summed E-state index contributed by atoms with van der Waals surface area (Å²) in [4.78, 5) is 10.2. The van der Waals surface area contributed by atoms with E-state index in [2.05, 4.69) is 0 Å². The van der Waals surface area contributed by atoms with Crippen molar-refractivity contribution in [3.63, 3.8) is 0 Å². The lowest BCUT2D eigenvalue weighted by atomic mass is 10.2. The molecule has 0 saturated carbocycles. The maximum atomic E-state index is 13.0. The summed E-state index contributed by atoms with van der Waals surface area (Å²) in [5.74, 6) is -0.955. The van der Waals surface area contributed by atoms with Crippen LogP contribution in [0.15, 0.2) is 18.2 Å². The van der Waals surface area contributed by atoms with E-state index in [9.17, 15) is 27.7 Å². The van der Waals surface area contributed by atoms with E-state index in [-0.39, 0.29) is 5.69 Å². The van der Waals surface area contributed by atoms with Crippen molar-refractivity contribution >= 4 is 11.4 Å². The van der Waals surface area contributed by atoms with Crippen molar-refractivity contribution in [3.05, 3.63) is 34.1 Å². The lowest BCUT2D eigenvalue weighted by molar-refractivity contribution is -0.385. The second-order valence-corrected chi connectivity index (χ2v) is 3.40. The molecule has 0 aliphatic rings. The summed E-state index contributed by atoms with van der Waals surface area (Å²) in [6.07, 6.45) is -4.46. The Morgan fingerprint density at radius 1 is 1.35 bits per heavy atom. The molecule has 0 amide bonds. The number of alkyl halides is 3. The van der Waals surface area contributed by atoms with Gasteiger partial charge in [-0.1, -0.05) is 0 Å². The maximum absolute atomic E-state index is 13.0. The Bertz CT molecular complexity index is 433. The van der Waals surface area contributed by atoms with E-state index in [0.717, 1.165) is 19.2 Å². The van der Waals surface area contributed by atoms with E-state index in [1.807, 2.05) is 0 Å². The van der Waals surface area contributed by atoms with E-state index in [0.29, 0.717) is 11.0 Å². The molecule has 17 heavy (non-hydrogen) atoms. The number of rotatable bonds is 3. The summed E-state index contributed by atoms with van der Waals surface area (Å²) in [5.41, 5.74) is -0.789. The summed E-state index contributed by atoms with van der Waals surface area (Å²) in [6, 6.07) is 2.33. The number of anilines is 1. The van der Waals surface area contributed by atoms with Crippen LogP contribution in [-0.4, -0.2) is 24.7 Å². The van der Waals surface area contributed by atoms with Gasteiger partial charge in [0.05, 0.1) is 11.0 Å². The number of nitro benzene ring substituents is 1. The molecule has 0 atom stereocenters. The Morgan fingerprint density at radius 3 is 2.41 bits per heavy atom. The van der Waals surface area contributed by atoms with E-state index in [1.165, 1.54) is 0 Å². The Labute approximate surface area is 93.6 Å². The number of benzene rings is 1. The SMILES string of the molecule is CN(CC(F)(F)F)c1cc(F)cc([N+](=O)[O-])c1. The normalized spacial score (nSPS) is 11.4. The summed E-state index contributed by atoms with van der Waals surface area (Å²) in [7, 11) is 1.08. The van der Waals surface area contributed by atoms with Crippen LogP contribution in [0.4, 0.5) is 28.9 Å². The monoisotopic (exact) mass is 252 g/mol. The maximum Gasteiger partial charge on any atom is 0.405 e. The van der Waals surface area contributed by atoms with Crippen LogP contribution in [0, 0.1) is 15.9 Å². The molecule has 0 unspecified atom stereocenters. The molecular weight excluding hydrogens is 244 g/mol. The summed E-state index contributed by atoms with van der Waals surface area (Å²) >= 11 is 0. The van der Waals surface area contributed by atoms with Crippen molar-refractivity contribution in [3.8, 4) is 0 Å². The van der Waals surface area contributed by atoms with Gasteiger partial charge in [0, 0.05) is 18.8 Å². The van der Waals surface area contributed by atoms with Crippen molar-refractivity contribution < 1.29 is 22.5 Å². The first-order valence-electron chi connectivity index (χ1n) is 4.42. The van der Waals surface area contributed by atoms with Gasteiger partial charge in [0.15, 0.2) is 0 Å². The number of nitro groups is 1. The van der Waals surface area contributed by atoms with Crippen LogP contribution in [0.1, 0.15) is 0 Å². The van der Waals surface area contributed by atoms with Gasteiger partial charge in [-0.25, -0.2) is 4.39 Å². The second kappa shape index (κ2) is 4.56. The zero-order valence-electron chi connectivity index (χ0n) is 8.66. The van der Waals surface area contributed by atoms with Crippen molar-refractivity contribution in [2.24, 2.45) is 0 Å². The highest BCUT2D eigenvalue weighted by atomic mass is 19.4. The van der Waals surface area contributed by atoms with Gasteiger partial charge in [0.1, 0.15) is 12.4 Å². The number of hydrogen-bond acceptors (Lipinski definition) is 3. The highest BCUT2D eigenvalue weighted by Gasteiger charge is 2.30. The topological polar surface area (TPSA) is 46.4 Å². The van der Waals surface area contributed by atoms with Gasteiger partial charge in [-0.15, -0.1) is 0 Å². The van der Waals surface area contributed by atoms with Crippen LogP contribution in [0.2, 0.25) is 0 Å². The van der Waals surface area contributed by atoms with E-state index in [4.69, 9.17) is 0 Å². The molecule has 0 saturated heterocycles. The zero-order chi connectivity index (χ0) is 13.2. The summed E-state index contributed by atoms with van der Waals surface area (Å²) in [6.45, 7) is -1.31. The lowest BCUT2D eigenvalue weighted by Crippen LogP contribution is -2.30. The third-order valence-electron chi connectivity index (χ3n) is 1.94. The molecule has 0 aliphatic heterocycles. The minimum atomic E-state index is -4.46. The zero-order valence-corrected chi connectivity index (χ0v) is 8.66. The first-order chi connectivity index (χ1) is 7.69. The van der Waals surface area contributed by atoms with Crippen LogP contribution >= 0.6 is 0 Å². The molecule has 1 aromatic carbocycles. The van der Waals surface area contributed by atoms with Gasteiger partial charge in [-0.2, -0.15) is 13.2 Å². The van der Waals surface area contributed by atoms with Crippen LogP contribution < -0.4 is 4.90 Å². The Balaban J connectivity index is 3.01. The third-order valence-corrected chi connectivity index (χ3v) is 1.94. The predicted octanol–water partition coefficient (Wildman–Crippen LogP) is 2.73. The van der Waals surface area contributed by atoms with Crippen molar-refractivity contribution in [2.75, 3.05) is 18.5 Å². The number of non-ortho nitro benzene ring substituents is 1. The minimum Gasteiger partial charge on any atom is -0.365 e. The number of hydrogen-bond donors (Lipinski definition) is 0. The van der Waals surface area contributed by atoms with Gasteiger partial charge in [-0.05, 0) is 6.07 Å². The largest absolute Gasteiger partial charge is 0.405 e. The van der Waals surface area contributed by atoms with Gasteiger partial charge >= 0.3 is 6.18 Å². The summed E-state index contributed by atoms with van der Waals surface area (Å²) in [5, 5.41) is 10.4. The Morgan fingerprint density at radius 2 is 1.94 bits per heavy atom. The fourth-order valence-electron chi connectivity index (χ4n) is 1.25. The molecule has 0 aliphatic carbocycles. The molecule has 94 valence electrons. The van der Waals surface area contributed by atoms with Gasteiger partial charge in [0.2, 0.25) is 0 Å². The molecule has 0 fully saturated rings. The van der Waals surface area contributed by atoms with Crippen LogP contribution in [0.3, 0.4) is 0 Å². The average molecular weight is 252 g/mol. The highest BCUT2D eigenvalue weighted by Crippen LogP contribution is 2.25. The molecular formula is C9H8F4N2O2. The smallest absolute Gasteiger partial charge is 0.365 e.